The highest BCUT2D eigenvalue weighted by Gasteiger charge is 2.25. The zero-order valence-electron chi connectivity index (χ0n) is 17.6. The molecule has 1 amide bonds. The SMILES string of the molecule is O=C(CN1CCNCC1)NC1=NC(c2ccc(F)cc2)CC(c2cc3ccccc3o2)=N1. The lowest BCUT2D eigenvalue weighted by Gasteiger charge is -2.26. The van der Waals surface area contributed by atoms with E-state index < -0.39 is 0 Å². The molecule has 32 heavy (non-hydrogen) atoms. The summed E-state index contributed by atoms with van der Waals surface area (Å²) in [5.74, 6) is 0.436. The van der Waals surface area contributed by atoms with Crippen molar-refractivity contribution in [3.8, 4) is 0 Å². The van der Waals surface area contributed by atoms with Crippen LogP contribution in [0.25, 0.3) is 11.0 Å². The molecule has 164 valence electrons. The van der Waals surface area contributed by atoms with Crippen LogP contribution in [0, 0.1) is 5.82 Å². The number of amides is 1. The van der Waals surface area contributed by atoms with Gasteiger partial charge in [-0.2, -0.15) is 0 Å². The Balaban J connectivity index is 1.42. The maximum Gasteiger partial charge on any atom is 0.240 e. The average Bonchev–Trinajstić information content (AvgIpc) is 3.24. The van der Waals surface area contributed by atoms with Crippen LogP contribution in [0.5, 0.6) is 0 Å². The molecule has 1 aromatic heterocycles. The van der Waals surface area contributed by atoms with Crippen molar-refractivity contribution in [2.45, 2.75) is 12.5 Å². The van der Waals surface area contributed by atoms with E-state index in [9.17, 15) is 9.18 Å². The van der Waals surface area contributed by atoms with Gasteiger partial charge in [0.1, 0.15) is 17.2 Å². The molecule has 0 saturated carbocycles. The number of hydrogen-bond donors (Lipinski definition) is 2. The van der Waals surface area contributed by atoms with Gasteiger partial charge in [-0.25, -0.2) is 14.4 Å². The number of guanidine groups is 1. The Morgan fingerprint density at radius 3 is 2.72 bits per heavy atom. The summed E-state index contributed by atoms with van der Waals surface area (Å²) >= 11 is 0. The number of benzene rings is 2. The van der Waals surface area contributed by atoms with Crippen molar-refractivity contribution in [1.82, 2.24) is 15.5 Å². The molecule has 3 aromatic rings. The standard InChI is InChI=1S/C24H24FN5O2/c25-18-7-5-16(6-8-18)19-14-20(22-13-17-3-1-2-4-21(17)32-22)28-24(27-19)29-23(31)15-30-11-9-26-10-12-30/h1-8,13,19,26H,9-12,14-15H2,(H,27,29,31). The quantitative estimate of drug-likeness (QED) is 0.663. The fourth-order valence-corrected chi connectivity index (χ4v) is 4.03. The summed E-state index contributed by atoms with van der Waals surface area (Å²) in [6, 6.07) is 15.7. The van der Waals surface area contributed by atoms with Crippen LogP contribution in [0.4, 0.5) is 4.39 Å². The molecular formula is C24H24FN5O2. The third-order valence-electron chi connectivity index (χ3n) is 5.70. The Kier molecular flexibility index (Phi) is 5.79. The van der Waals surface area contributed by atoms with Gasteiger partial charge in [0.15, 0.2) is 0 Å². The lowest BCUT2D eigenvalue weighted by molar-refractivity contribution is -0.121. The van der Waals surface area contributed by atoms with Crippen LogP contribution in [0.1, 0.15) is 23.8 Å². The summed E-state index contributed by atoms with van der Waals surface area (Å²) < 4.78 is 19.5. The summed E-state index contributed by atoms with van der Waals surface area (Å²) in [6.07, 6.45) is 0.489. The first-order valence-electron chi connectivity index (χ1n) is 10.8. The highest BCUT2D eigenvalue weighted by Crippen LogP contribution is 2.29. The summed E-state index contributed by atoms with van der Waals surface area (Å²) in [6.45, 7) is 3.68. The van der Waals surface area contributed by atoms with Crippen LogP contribution in [0.15, 0.2) is 69.0 Å². The van der Waals surface area contributed by atoms with Crippen LogP contribution in [-0.2, 0) is 4.79 Å². The fraction of sp³-hybridized carbons (Fsp3) is 0.292. The maximum atomic E-state index is 13.4. The van der Waals surface area contributed by atoms with Crippen molar-refractivity contribution >= 4 is 28.5 Å². The number of carbonyl (C=O) groups is 1. The first kappa shape index (κ1) is 20.5. The van der Waals surface area contributed by atoms with Gasteiger partial charge in [0.2, 0.25) is 11.9 Å². The number of aliphatic imine (C=N–C) groups is 2. The molecule has 8 heteroatoms. The molecular weight excluding hydrogens is 409 g/mol. The van der Waals surface area contributed by atoms with Crippen molar-refractivity contribution in [3.05, 3.63) is 71.7 Å². The predicted molar refractivity (Wildman–Crippen MR) is 121 cm³/mol. The number of piperazine rings is 1. The van der Waals surface area contributed by atoms with E-state index in [2.05, 4.69) is 25.5 Å². The molecule has 5 rings (SSSR count). The minimum absolute atomic E-state index is 0.155. The van der Waals surface area contributed by atoms with Crippen LogP contribution < -0.4 is 10.6 Å². The molecule has 0 spiro atoms. The average molecular weight is 433 g/mol. The minimum atomic E-state index is -0.302. The monoisotopic (exact) mass is 433 g/mol. The van der Waals surface area contributed by atoms with Gasteiger partial charge in [-0.1, -0.05) is 30.3 Å². The van der Waals surface area contributed by atoms with E-state index in [1.165, 1.54) is 12.1 Å². The van der Waals surface area contributed by atoms with Gasteiger partial charge in [0.25, 0.3) is 0 Å². The zero-order valence-corrected chi connectivity index (χ0v) is 17.6. The van der Waals surface area contributed by atoms with Crippen molar-refractivity contribution in [3.63, 3.8) is 0 Å². The summed E-state index contributed by atoms with van der Waals surface area (Å²) in [5.41, 5.74) is 2.32. The minimum Gasteiger partial charge on any atom is -0.455 e. The van der Waals surface area contributed by atoms with Gasteiger partial charge in [-0.15, -0.1) is 0 Å². The molecule has 2 aliphatic rings. The Morgan fingerprint density at radius 2 is 1.94 bits per heavy atom. The van der Waals surface area contributed by atoms with E-state index >= 15 is 0 Å². The fourth-order valence-electron chi connectivity index (χ4n) is 4.03. The number of nitrogens with zero attached hydrogens (tertiary/aromatic N) is 3. The number of carbonyl (C=O) groups excluding carboxylic acids is 1. The van der Waals surface area contributed by atoms with E-state index in [-0.39, 0.29) is 30.3 Å². The molecule has 2 aromatic carbocycles. The van der Waals surface area contributed by atoms with Gasteiger partial charge >= 0.3 is 0 Å². The Morgan fingerprint density at radius 1 is 1.16 bits per heavy atom. The van der Waals surface area contributed by atoms with Gasteiger partial charge in [-0.05, 0) is 29.8 Å². The molecule has 2 N–H and O–H groups in total. The summed E-state index contributed by atoms with van der Waals surface area (Å²) in [7, 11) is 0. The number of para-hydroxylation sites is 1. The second kappa shape index (κ2) is 9.02. The van der Waals surface area contributed by atoms with E-state index in [1.807, 2.05) is 30.3 Å². The number of hydrogen-bond acceptors (Lipinski definition) is 6. The molecule has 0 radical (unpaired) electrons. The number of furan rings is 1. The summed E-state index contributed by atoms with van der Waals surface area (Å²) in [5, 5.41) is 7.11. The first-order valence-corrected chi connectivity index (χ1v) is 10.8. The highest BCUT2D eigenvalue weighted by molar-refractivity contribution is 6.11. The van der Waals surface area contributed by atoms with Gasteiger partial charge in [0.05, 0.1) is 18.3 Å². The van der Waals surface area contributed by atoms with Crippen LogP contribution >= 0.6 is 0 Å². The number of halogens is 1. The van der Waals surface area contributed by atoms with E-state index in [4.69, 9.17) is 4.42 Å². The van der Waals surface area contributed by atoms with Crippen molar-refractivity contribution in [2.24, 2.45) is 9.98 Å². The third kappa shape index (κ3) is 4.61. The highest BCUT2D eigenvalue weighted by atomic mass is 19.1. The molecule has 7 nitrogen and oxygen atoms in total. The van der Waals surface area contributed by atoms with Crippen LogP contribution in [0.3, 0.4) is 0 Å². The lowest BCUT2D eigenvalue weighted by Crippen LogP contribution is -2.48. The van der Waals surface area contributed by atoms with Gasteiger partial charge in [-0.3, -0.25) is 15.0 Å². The maximum absolute atomic E-state index is 13.4. The molecule has 1 atom stereocenters. The smallest absolute Gasteiger partial charge is 0.240 e. The Hall–Kier alpha value is -3.36. The van der Waals surface area contributed by atoms with Crippen molar-refractivity contribution in [2.75, 3.05) is 32.7 Å². The lowest BCUT2D eigenvalue weighted by atomic mass is 9.99. The predicted octanol–water partition coefficient (Wildman–Crippen LogP) is 2.88. The van der Waals surface area contributed by atoms with Gasteiger partial charge < -0.3 is 9.73 Å². The molecule has 0 aliphatic carbocycles. The van der Waals surface area contributed by atoms with Crippen LogP contribution in [-0.4, -0.2) is 55.2 Å². The number of nitrogens with one attached hydrogen (secondary N) is 2. The number of fused-ring (bicyclic) bond motifs is 1. The molecule has 2 aliphatic heterocycles. The molecule has 3 heterocycles. The zero-order chi connectivity index (χ0) is 21.9. The number of rotatable bonds is 4. The Bertz CT molecular complexity index is 1150. The van der Waals surface area contributed by atoms with E-state index in [0.29, 0.717) is 17.9 Å². The molecule has 1 fully saturated rings. The van der Waals surface area contributed by atoms with E-state index in [0.717, 1.165) is 42.7 Å². The summed E-state index contributed by atoms with van der Waals surface area (Å²) in [4.78, 5) is 24.0. The largest absolute Gasteiger partial charge is 0.455 e. The van der Waals surface area contributed by atoms with Crippen molar-refractivity contribution < 1.29 is 13.6 Å². The van der Waals surface area contributed by atoms with Crippen molar-refractivity contribution in [1.29, 1.82) is 0 Å². The second-order valence-corrected chi connectivity index (χ2v) is 8.01. The molecule has 0 bridgehead atoms. The second-order valence-electron chi connectivity index (χ2n) is 8.01. The third-order valence-corrected chi connectivity index (χ3v) is 5.70. The van der Waals surface area contributed by atoms with E-state index in [1.54, 1.807) is 12.1 Å². The normalized spacial score (nSPS) is 19.5. The Labute approximate surface area is 185 Å². The van der Waals surface area contributed by atoms with Crippen LogP contribution in [0.2, 0.25) is 0 Å². The molecule has 1 saturated heterocycles. The van der Waals surface area contributed by atoms with Gasteiger partial charge in [0, 0.05) is 38.0 Å². The topological polar surface area (TPSA) is 82.2 Å². The first-order chi connectivity index (χ1) is 15.6. The molecule has 1 unspecified atom stereocenters.